The lowest BCUT2D eigenvalue weighted by Gasteiger charge is -2.16. The number of benzene rings is 2. The fourth-order valence-corrected chi connectivity index (χ4v) is 2.71. The monoisotopic (exact) mass is 408 g/mol. The Morgan fingerprint density at radius 3 is 2.36 bits per heavy atom. The van der Waals surface area contributed by atoms with E-state index in [1.807, 2.05) is 13.8 Å². The van der Waals surface area contributed by atoms with Gasteiger partial charge in [0, 0.05) is 5.02 Å². The molecular weight excluding hydrogens is 393 g/mol. The van der Waals surface area contributed by atoms with Crippen molar-refractivity contribution in [3.63, 3.8) is 0 Å². The minimum absolute atomic E-state index is 0.00380. The SMILES string of the molecule is Cc1cc(Oc2ncnc(Nc3ccccc3C(F)(F)F)c2N)cc(C)c1Cl. The first kappa shape index (κ1) is 19.8. The standard InChI is InChI=1S/C19H16ClF3N4O/c1-10-7-12(8-11(2)15(10)20)28-18-16(24)17(25-9-26-18)27-14-6-4-3-5-13(14)19(21,22)23/h3-9H,24H2,1-2H3,(H,25,26,27). The fourth-order valence-electron chi connectivity index (χ4n) is 2.60. The Kier molecular flexibility index (Phi) is 5.33. The Morgan fingerprint density at radius 1 is 1.07 bits per heavy atom. The second kappa shape index (κ2) is 7.55. The van der Waals surface area contributed by atoms with Crippen LogP contribution in [0.1, 0.15) is 16.7 Å². The van der Waals surface area contributed by atoms with Gasteiger partial charge >= 0.3 is 6.18 Å². The first-order valence-corrected chi connectivity index (χ1v) is 8.53. The van der Waals surface area contributed by atoms with Gasteiger partial charge in [-0.2, -0.15) is 18.2 Å². The van der Waals surface area contributed by atoms with Crippen LogP contribution >= 0.6 is 11.6 Å². The summed E-state index contributed by atoms with van der Waals surface area (Å²) < 4.78 is 45.3. The Labute approximate surface area is 164 Å². The van der Waals surface area contributed by atoms with Crippen molar-refractivity contribution in [2.75, 3.05) is 11.1 Å². The van der Waals surface area contributed by atoms with E-state index in [1.54, 1.807) is 12.1 Å². The molecule has 0 fully saturated rings. The average Bonchev–Trinajstić information content (AvgIpc) is 2.62. The summed E-state index contributed by atoms with van der Waals surface area (Å²) in [4.78, 5) is 7.91. The van der Waals surface area contributed by atoms with Gasteiger partial charge in [0.25, 0.3) is 0 Å². The van der Waals surface area contributed by atoms with Crippen molar-refractivity contribution in [1.82, 2.24) is 9.97 Å². The molecule has 0 aliphatic rings. The third-order valence-corrected chi connectivity index (χ3v) is 4.55. The molecule has 28 heavy (non-hydrogen) atoms. The molecule has 0 radical (unpaired) electrons. The van der Waals surface area contributed by atoms with Crippen molar-refractivity contribution in [1.29, 1.82) is 0 Å². The van der Waals surface area contributed by atoms with E-state index in [0.717, 1.165) is 23.5 Å². The van der Waals surface area contributed by atoms with Gasteiger partial charge in [0.05, 0.1) is 11.3 Å². The summed E-state index contributed by atoms with van der Waals surface area (Å²) in [6, 6.07) is 8.46. The molecule has 3 N–H and O–H groups in total. The predicted octanol–water partition coefficient (Wildman–Crippen LogP) is 5.88. The maximum Gasteiger partial charge on any atom is 0.418 e. The van der Waals surface area contributed by atoms with Crippen LogP contribution in [0.3, 0.4) is 0 Å². The predicted molar refractivity (Wildman–Crippen MR) is 102 cm³/mol. The number of anilines is 3. The van der Waals surface area contributed by atoms with Gasteiger partial charge < -0.3 is 15.8 Å². The van der Waals surface area contributed by atoms with Crippen molar-refractivity contribution >= 4 is 28.8 Å². The molecule has 9 heteroatoms. The van der Waals surface area contributed by atoms with Gasteiger partial charge in [0.1, 0.15) is 17.8 Å². The lowest BCUT2D eigenvalue weighted by molar-refractivity contribution is -0.136. The van der Waals surface area contributed by atoms with Crippen molar-refractivity contribution in [2.24, 2.45) is 0 Å². The maximum absolute atomic E-state index is 13.2. The van der Waals surface area contributed by atoms with E-state index in [9.17, 15) is 13.2 Å². The summed E-state index contributed by atoms with van der Waals surface area (Å²) in [5, 5.41) is 3.23. The molecule has 0 bridgehead atoms. The second-order valence-corrected chi connectivity index (χ2v) is 6.46. The number of ether oxygens (including phenoxy) is 1. The molecule has 5 nitrogen and oxygen atoms in total. The Bertz CT molecular complexity index is 1000. The zero-order valence-corrected chi connectivity index (χ0v) is 15.7. The molecule has 0 aliphatic heterocycles. The smallest absolute Gasteiger partial charge is 0.418 e. The zero-order valence-electron chi connectivity index (χ0n) is 14.9. The average molecular weight is 409 g/mol. The van der Waals surface area contributed by atoms with Crippen LogP contribution < -0.4 is 15.8 Å². The van der Waals surface area contributed by atoms with Gasteiger partial charge in [-0.05, 0) is 49.2 Å². The van der Waals surface area contributed by atoms with Crippen LogP contribution in [0.15, 0.2) is 42.7 Å². The molecule has 0 unspecified atom stereocenters. The first-order valence-electron chi connectivity index (χ1n) is 8.15. The fraction of sp³-hybridized carbons (Fsp3) is 0.158. The van der Waals surface area contributed by atoms with Crippen LogP contribution in [-0.4, -0.2) is 9.97 Å². The van der Waals surface area contributed by atoms with E-state index in [0.29, 0.717) is 10.8 Å². The van der Waals surface area contributed by atoms with Crippen molar-refractivity contribution in [3.8, 4) is 11.6 Å². The number of aryl methyl sites for hydroxylation is 2. The van der Waals surface area contributed by atoms with E-state index in [-0.39, 0.29) is 23.1 Å². The number of rotatable bonds is 4. The molecule has 0 saturated heterocycles. The van der Waals surface area contributed by atoms with E-state index in [2.05, 4.69) is 15.3 Å². The van der Waals surface area contributed by atoms with Gasteiger partial charge in [-0.15, -0.1) is 0 Å². The molecule has 1 aromatic heterocycles. The van der Waals surface area contributed by atoms with E-state index in [1.165, 1.54) is 18.2 Å². The van der Waals surface area contributed by atoms with Gasteiger partial charge in [-0.3, -0.25) is 0 Å². The Balaban J connectivity index is 1.93. The highest BCUT2D eigenvalue weighted by molar-refractivity contribution is 6.32. The van der Waals surface area contributed by atoms with Crippen LogP contribution in [-0.2, 0) is 6.18 Å². The van der Waals surface area contributed by atoms with E-state index in [4.69, 9.17) is 22.1 Å². The maximum atomic E-state index is 13.2. The normalized spacial score (nSPS) is 11.4. The number of para-hydroxylation sites is 1. The summed E-state index contributed by atoms with van der Waals surface area (Å²) in [5.74, 6) is 0.471. The summed E-state index contributed by atoms with van der Waals surface area (Å²) in [6.45, 7) is 3.65. The number of halogens is 4. The van der Waals surface area contributed by atoms with E-state index >= 15 is 0 Å². The van der Waals surface area contributed by atoms with Crippen LogP contribution in [0.25, 0.3) is 0 Å². The molecule has 0 spiro atoms. The van der Waals surface area contributed by atoms with E-state index < -0.39 is 11.7 Å². The Hall–Kier alpha value is -3.00. The molecule has 2 aromatic carbocycles. The van der Waals surface area contributed by atoms with Crippen LogP contribution in [0.4, 0.5) is 30.4 Å². The van der Waals surface area contributed by atoms with Gasteiger partial charge in [0.15, 0.2) is 5.82 Å². The number of nitrogens with two attached hydrogens (primary N) is 1. The topological polar surface area (TPSA) is 73.1 Å². The lowest BCUT2D eigenvalue weighted by atomic mass is 10.1. The summed E-state index contributed by atoms with van der Waals surface area (Å²) in [6.07, 6.45) is -3.37. The molecular formula is C19H16ClF3N4O. The number of nitrogens with zero attached hydrogens (tertiary/aromatic N) is 2. The number of nitrogens with one attached hydrogen (secondary N) is 1. The molecule has 0 atom stereocenters. The minimum atomic E-state index is -4.52. The van der Waals surface area contributed by atoms with Crippen molar-refractivity contribution < 1.29 is 17.9 Å². The zero-order chi connectivity index (χ0) is 20.5. The third-order valence-electron chi connectivity index (χ3n) is 3.96. The van der Waals surface area contributed by atoms with Crippen LogP contribution in [0, 0.1) is 13.8 Å². The van der Waals surface area contributed by atoms with Gasteiger partial charge in [-0.25, -0.2) is 4.98 Å². The number of nitrogen functional groups attached to an aromatic ring is 1. The van der Waals surface area contributed by atoms with Gasteiger partial charge in [-0.1, -0.05) is 23.7 Å². The van der Waals surface area contributed by atoms with Gasteiger partial charge in [0.2, 0.25) is 5.88 Å². The molecule has 3 rings (SSSR count). The number of hydrogen-bond acceptors (Lipinski definition) is 5. The van der Waals surface area contributed by atoms with Crippen LogP contribution in [0.2, 0.25) is 5.02 Å². The van der Waals surface area contributed by atoms with Crippen molar-refractivity contribution in [2.45, 2.75) is 20.0 Å². The lowest BCUT2D eigenvalue weighted by Crippen LogP contribution is -2.10. The number of hydrogen-bond donors (Lipinski definition) is 2. The quantitative estimate of drug-likeness (QED) is 0.563. The second-order valence-electron chi connectivity index (χ2n) is 6.08. The largest absolute Gasteiger partial charge is 0.437 e. The molecule has 3 aromatic rings. The number of alkyl halides is 3. The van der Waals surface area contributed by atoms with Crippen molar-refractivity contribution in [3.05, 3.63) is 64.4 Å². The highest BCUT2D eigenvalue weighted by Crippen LogP contribution is 2.38. The number of aromatic nitrogens is 2. The minimum Gasteiger partial charge on any atom is -0.437 e. The van der Waals surface area contributed by atoms with Crippen LogP contribution in [0.5, 0.6) is 11.6 Å². The highest BCUT2D eigenvalue weighted by atomic mass is 35.5. The highest BCUT2D eigenvalue weighted by Gasteiger charge is 2.33. The summed E-state index contributed by atoms with van der Waals surface area (Å²) >= 11 is 6.14. The molecule has 146 valence electrons. The molecule has 0 aliphatic carbocycles. The third kappa shape index (κ3) is 4.12. The Morgan fingerprint density at radius 2 is 1.71 bits per heavy atom. The molecule has 1 heterocycles. The first-order chi connectivity index (χ1) is 13.2. The summed E-state index contributed by atoms with van der Waals surface area (Å²) in [7, 11) is 0. The molecule has 0 amide bonds. The summed E-state index contributed by atoms with van der Waals surface area (Å²) in [5.41, 5.74) is 6.61. The molecule has 0 saturated carbocycles.